The van der Waals surface area contributed by atoms with Crippen molar-refractivity contribution in [1.29, 1.82) is 5.41 Å². The van der Waals surface area contributed by atoms with E-state index in [0.29, 0.717) is 6.42 Å². The summed E-state index contributed by atoms with van der Waals surface area (Å²) in [6, 6.07) is 0. The number of nitrogens with one attached hydrogen (secondary N) is 1. The fourth-order valence-corrected chi connectivity index (χ4v) is 3.78. The van der Waals surface area contributed by atoms with Gasteiger partial charge in [-0.05, 0) is 32.4 Å². The van der Waals surface area contributed by atoms with E-state index < -0.39 is 0 Å². The number of hydrogen-bond acceptors (Lipinski definition) is 4. The van der Waals surface area contributed by atoms with Gasteiger partial charge in [0.25, 0.3) is 0 Å². The van der Waals surface area contributed by atoms with Gasteiger partial charge in [-0.25, -0.2) is 0 Å². The molecule has 3 N–H and O–H groups in total. The molecular formula is C13H26Cl2N4OS. The average molecular weight is 357 g/mol. The summed E-state index contributed by atoms with van der Waals surface area (Å²) in [4.78, 5) is 16.1. The average Bonchev–Trinajstić information content (AvgIpc) is 2.75. The summed E-state index contributed by atoms with van der Waals surface area (Å²) in [6.45, 7) is 4.83. The lowest BCUT2D eigenvalue weighted by molar-refractivity contribution is -0.127. The van der Waals surface area contributed by atoms with Gasteiger partial charge < -0.3 is 15.5 Å². The number of amidine groups is 1. The van der Waals surface area contributed by atoms with E-state index in [1.807, 2.05) is 4.90 Å². The molecule has 0 aromatic heterocycles. The van der Waals surface area contributed by atoms with E-state index in [9.17, 15) is 4.79 Å². The van der Waals surface area contributed by atoms with Gasteiger partial charge in [-0.15, -0.1) is 24.8 Å². The Morgan fingerprint density at radius 1 is 1.14 bits per heavy atom. The molecule has 1 amide bonds. The van der Waals surface area contributed by atoms with Gasteiger partial charge in [0.2, 0.25) is 5.91 Å². The molecule has 0 aromatic carbocycles. The van der Waals surface area contributed by atoms with E-state index >= 15 is 0 Å². The van der Waals surface area contributed by atoms with Crippen molar-refractivity contribution in [3.05, 3.63) is 0 Å². The molecule has 8 heteroatoms. The van der Waals surface area contributed by atoms with E-state index in [1.54, 1.807) is 0 Å². The lowest BCUT2D eigenvalue weighted by atomic mass is 10.1. The number of nitrogens with two attached hydrogens (primary N) is 1. The first-order chi connectivity index (χ1) is 9.15. The lowest BCUT2D eigenvalue weighted by Gasteiger charge is -2.31. The number of halogens is 2. The number of nitrogens with zero attached hydrogens (tertiary/aromatic N) is 2. The van der Waals surface area contributed by atoms with Crippen molar-refractivity contribution in [2.75, 3.05) is 32.7 Å². The number of carbonyl (C=O) groups excluding carboxylic acids is 1. The molecule has 0 radical (unpaired) electrons. The van der Waals surface area contributed by atoms with Crippen LogP contribution in [0.3, 0.4) is 0 Å². The minimum absolute atomic E-state index is 0. The van der Waals surface area contributed by atoms with Crippen LogP contribution in [0.5, 0.6) is 0 Å². The molecule has 0 spiro atoms. The van der Waals surface area contributed by atoms with Crippen molar-refractivity contribution in [2.24, 2.45) is 5.73 Å². The van der Waals surface area contributed by atoms with E-state index in [0.717, 1.165) is 39.1 Å². The van der Waals surface area contributed by atoms with Gasteiger partial charge in [0.05, 0.1) is 0 Å². The smallest absolute Gasteiger partial charge is 0.222 e. The van der Waals surface area contributed by atoms with Crippen LogP contribution >= 0.6 is 36.6 Å². The summed E-state index contributed by atoms with van der Waals surface area (Å²) in [6.07, 6.45) is 5.51. The number of carbonyl (C=O) groups is 1. The summed E-state index contributed by atoms with van der Waals surface area (Å²) in [7, 11) is 0. The molecule has 0 saturated carbocycles. The number of rotatable bonds is 5. The van der Waals surface area contributed by atoms with Crippen molar-refractivity contribution in [3.8, 4) is 0 Å². The SMILES string of the molecule is Cl.Cl.N=C(N)SC(CN1CCCCC1)CN1CCCC1=O. The summed E-state index contributed by atoms with van der Waals surface area (Å²) in [5.74, 6) is 0.257. The van der Waals surface area contributed by atoms with E-state index in [2.05, 4.69) is 4.90 Å². The molecule has 0 aliphatic carbocycles. The van der Waals surface area contributed by atoms with Gasteiger partial charge in [-0.2, -0.15) is 0 Å². The minimum Gasteiger partial charge on any atom is -0.379 e. The number of amides is 1. The Bertz CT molecular complexity index is 340. The largest absolute Gasteiger partial charge is 0.379 e. The third-order valence-corrected chi connectivity index (χ3v) is 4.68. The Morgan fingerprint density at radius 3 is 2.33 bits per heavy atom. The molecule has 5 nitrogen and oxygen atoms in total. The molecule has 21 heavy (non-hydrogen) atoms. The first-order valence-electron chi connectivity index (χ1n) is 7.16. The Kier molecular flexibility index (Phi) is 10.5. The van der Waals surface area contributed by atoms with Crippen LogP contribution in [0.1, 0.15) is 32.1 Å². The first kappa shape index (κ1) is 20.8. The van der Waals surface area contributed by atoms with Gasteiger partial charge in [0.1, 0.15) is 0 Å². The molecule has 2 saturated heterocycles. The maximum absolute atomic E-state index is 11.7. The second-order valence-electron chi connectivity index (χ2n) is 5.41. The fourth-order valence-electron chi connectivity index (χ4n) is 2.88. The molecule has 2 aliphatic heterocycles. The van der Waals surface area contributed by atoms with Crippen LogP contribution < -0.4 is 5.73 Å². The lowest BCUT2D eigenvalue weighted by Crippen LogP contribution is -2.42. The zero-order chi connectivity index (χ0) is 13.7. The molecule has 2 fully saturated rings. The third-order valence-electron chi connectivity index (χ3n) is 3.80. The quantitative estimate of drug-likeness (QED) is 0.583. The molecule has 2 rings (SSSR count). The Morgan fingerprint density at radius 2 is 1.81 bits per heavy atom. The number of likely N-dealkylation sites (tertiary alicyclic amines) is 2. The summed E-state index contributed by atoms with van der Waals surface area (Å²) < 4.78 is 0. The zero-order valence-corrected chi connectivity index (χ0v) is 14.7. The highest BCUT2D eigenvalue weighted by Gasteiger charge is 2.26. The molecule has 0 aromatic rings. The third kappa shape index (κ3) is 7.08. The molecule has 124 valence electrons. The van der Waals surface area contributed by atoms with Crippen molar-refractivity contribution in [1.82, 2.24) is 9.80 Å². The molecule has 2 aliphatic rings. The summed E-state index contributed by atoms with van der Waals surface area (Å²) in [5.41, 5.74) is 5.53. The number of piperidine rings is 1. The van der Waals surface area contributed by atoms with E-state index in [1.165, 1.54) is 31.0 Å². The maximum atomic E-state index is 11.7. The van der Waals surface area contributed by atoms with Gasteiger partial charge in [0.15, 0.2) is 5.17 Å². The number of thioether (sulfide) groups is 1. The van der Waals surface area contributed by atoms with Crippen LogP contribution in [0.25, 0.3) is 0 Å². The number of hydrogen-bond donors (Lipinski definition) is 2. The van der Waals surface area contributed by atoms with Gasteiger partial charge in [0, 0.05) is 31.3 Å². The Hall–Kier alpha value is -0.170. The highest BCUT2D eigenvalue weighted by molar-refractivity contribution is 8.14. The van der Waals surface area contributed by atoms with Crippen molar-refractivity contribution >= 4 is 47.7 Å². The van der Waals surface area contributed by atoms with Crippen LogP contribution in [0.15, 0.2) is 0 Å². The van der Waals surface area contributed by atoms with Crippen molar-refractivity contribution in [2.45, 2.75) is 37.4 Å². The van der Waals surface area contributed by atoms with Crippen LogP contribution in [0.4, 0.5) is 0 Å². The van der Waals surface area contributed by atoms with E-state index in [-0.39, 0.29) is 41.1 Å². The van der Waals surface area contributed by atoms with Crippen LogP contribution in [0, 0.1) is 5.41 Å². The monoisotopic (exact) mass is 356 g/mol. The molecule has 2 heterocycles. The van der Waals surface area contributed by atoms with Gasteiger partial charge in [-0.1, -0.05) is 18.2 Å². The predicted molar refractivity (Wildman–Crippen MR) is 93.9 cm³/mol. The zero-order valence-electron chi connectivity index (χ0n) is 12.3. The van der Waals surface area contributed by atoms with Crippen LogP contribution in [-0.2, 0) is 4.79 Å². The van der Waals surface area contributed by atoms with Crippen LogP contribution in [0.2, 0.25) is 0 Å². The molecule has 1 unspecified atom stereocenters. The summed E-state index contributed by atoms with van der Waals surface area (Å²) >= 11 is 1.41. The van der Waals surface area contributed by atoms with Gasteiger partial charge >= 0.3 is 0 Å². The highest BCUT2D eigenvalue weighted by atomic mass is 35.5. The van der Waals surface area contributed by atoms with Crippen LogP contribution in [-0.4, -0.2) is 58.8 Å². The second-order valence-corrected chi connectivity index (χ2v) is 6.75. The molecular weight excluding hydrogens is 331 g/mol. The normalized spacial score (nSPS) is 20.6. The predicted octanol–water partition coefficient (Wildman–Crippen LogP) is 1.93. The molecule has 1 atom stereocenters. The standard InChI is InChI=1S/C13H24N4OS.2ClH/c14-13(15)19-11(9-16-6-2-1-3-7-16)10-17-8-4-5-12(17)18;;/h11H,1-10H2,(H3,14,15);2*1H. The Balaban J connectivity index is 0.00000200. The van der Waals surface area contributed by atoms with Gasteiger partial charge in [-0.3, -0.25) is 10.2 Å². The second kappa shape index (κ2) is 10.5. The maximum Gasteiger partial charge on any atom is 0.222 e. The first-order valence-corrected chi connectivity index (χ1v) is 8.04. The Labute approximate surface area is 143 Å². The van der Waals surface area contributed by atoms with Crippen molar-refractivity contribution in [3.63, 3.8) is 0 Å². The minimum atomic E-state index is 0. The fraction of sp³-hybridized carbons (Fsp3) is 0.846. The summed E-state index contributed by atoms with van der Waals surface area (Å²) in [5, 5.41) is 7.88. The molecule has 0 bridgehead atoms. The van der Waals surface area contributed by atoms with E-state index in [4.69, 9.17) is 11.1 Å². The van der Waals surface area contributed by atoms with Crippen molar-refractivity contribution < 1.29 is 4.79 Å². The topological polar surface area (TPSA) is 73.4 Å². The highest BCUT2D eigenvalue weighted by Crippen LogP contribution is 2.19.